The van der Waals surface area contributed by atoms with Crippen LogP contribution in [0.15, 0.2) is 0 Å². The largest absolute Gasteiger partial charge is 0.251 e. The SMILES string of the molecule is ClC(Cl)(Cl)SN1CCCCC1. The molecule has 5 heteroatoms. The Kier molecular flexibility index (Phi) is 4.13. The van der Waals surface area contributed by atoms with E-state index in [1.54, 1.807) is 0 Å². The predicted octanol–water partition coefficient (Wildman–Crippen LogP) is 3.45. The minimum atomic E-state index is -1.18. The van der Waals surface area contributed by atoms with E-state index in [0.717, 1.165) is 13.1 Å². The molecule has 0 aromatic carbocycles. The number of hydrogen-bond donors (Lipinski definition) is 0. The van der Waals surface area contributed by atoms with Gasteiger partial charge in [0.05, 0.1) is 0 Å². The molecular weight excluding hydrogens is 224 g/mol. The first-order chi connectivity index (χ1) is 5.08. The Morgan fingerprint density at radius 1 is 1.00 bits per heavy atom. The van der Waals surface area contributed by atoms with Gasteiger partial charge in [-0.05, 0) is 24.8 Å². The summed E-state index contributed by atoms with van der Waals surface area (Å²) in [5, 5.41) is 0. The van der Waals surface area contributed by atoms with Crippen LogP contribution in [0.5, 0.6) is 0 Å². The standard InChI is InChI=1S/C6H10Cl3NS/c7-6(8,9)11-10-4-2-1-3-5-10/h1-5H2. The first-order valence-electron chi connectivity index (χ1n) is 3.59. The van der Waals surface area contributed by atoms with Gasteiger partial charge in [0.15, 0.2) is 0 Å². The number of hydrogen-bond acceptors (Lipinski definition) is 2. The summed E-state index contributed by atoms with van der Waals surface area (Å²) in [6.45, 7) is 2.08. The third-order valence-electron chi connectivity index (χ3n) is 1.55. The van der Waals surface area contributed by atoms with Gasteiger partial charge in [-0.25, -0.2) is 4.31 Å². The molecule has 1 saturated heterocycles. The maximum atomic E-state index is 5.62. The lowest BCUT2D eigenvalue weighted by atomic mass is 10.2. The Morgan fingerprint density at radius 3 is 2.00 bits per heavy atom. The van der Waals surface area contributed by atoms with Crippen LogP contribution in [0.1, 0.15) is 19.3 Å². The summed E-state index contributed by atoms with van der Waals surface area (Å²) in [5.41, 5.74) is 0. The number of piperidine rings is 1. The summed E-state index contributed by atoms with van der Waals surface area (Å²) in [5.74, 6) is 0. The van der Waals surface area contributed by atoms with Crippen LogP contribution in [0.2, 0.25) is 0 Å². The van der Waals surface area contributed by atoms with Crippen LogP contribution in [-0.2, 0) is 0 Å². The fraction of sp³-hybridized carbons (Fsp3) is 1.00. The molecule has 1 aliphatic heterocycles. The van der Waals surface area contributed by atoms with Crippen LogP contribution in [0.3, 0.4) is 0 Å². The Balaban J connectivity index is 2.24. The maximum absolute atomic E-state index is 5.62. The van der Waals surface area contributed by atoms with Crippen molar-refractivity contribution in [3.8, 4) is 0 Å². The van der Waals surface area contributed by atoms with Crippen molar-refractivity contribution in [3.05, 3.63) is 0 Å². The van der Waals surface area contributed by atoms with E-state index < -0.39 is 3.12 Å². The number of nitrogens with zero attached hydrogens (tertiary/aromatic N) is 1. The van der Waals surface area contributed by atoms with Crippen LogP contribution in [0.25, 0.3) is 0 Å². The molecule has 0 atom stereocenters. The molecule has 0 aliphatic carbocycles. The van der Waals surface area contributed by atoms with Gasteiger partial charge in [0.2, 0.25) is 0 Å². The molecule has 0 amide bonds. The molecule has 0 radical (unpaired) electrons. The zero-order chi connectivity index (χ0) is 8.32. The van der Waals surface area contributed by atoms with Crippen molar-refractivity contribution >= 4 is 46.8 Å². The smallest absolute Gasteiger partial charge is 0.247 e. The Bertz CT molecular complexity index is 119. The highest BCUT2D eigenvalue weighted by molar-refractivity contribution is 8.02. The zero-order valence-electron chi connectivity index (χ0n) is 6.02. The van der Waals surface area contributed by atoms with Crippen molar-refractivity contribution in [3.63, 3.8) is 0 Å². The summed E-state index contributed by atoms with van der Waals surface area (Å²) in [7, 11) is 0. The van der Waals surface area contributed by atoms with Gasteiger partial charge >= 0.3 is 0 Å². The molecule has 0 spiro atoms. The lowest BCUT2D eigenvalue weighted by Crippen LogP contribution is -2.25. The molecule has 0 aromatic heterocycles. The highest BCUT2D eigenvalue weighted by atomic mass is 35.6. The average Bonchev–Trinajstić information content (AvgIpc) is 1.85. The lowest BCUT2D eigenvalue weighted by molar-refractivity contribution is 0.380. The number of rotatable bonds is 1. The molecular formula is C6H10Cl3NS. The fourth-order valence-corrected chi connectivity index (χ4v) is 2.71. The molecule has 1 nitrogen and oxygen atoms in total. The molecule has 0 saturated carbocycles. The minimum absolute atomic E-state index is 1.04. The summed E-state index contributed by atoms with van der Waals surface area (Å²) in [6.07, 6.45) is 3.73. The van der Waals surface area contributed by atoms with Gasteiger partial charge in [0.1, 0.15) is 0 Å². The molecule has 0 aromatic rings. The summed E-state index contributed by atoms with van der Waals surface area (Å²) in [4.78, 5) is 0. The van der Waals surface area contributed by atoms with Gasteiger partial charge in [-0.1, -0.05) is 41.2 Å². The Labute approximate surface area is 86.5 Å². The van der Waals surface area contributed by atoms with Crippen molar-refractivity contribution < 1.29 is 0 Å². The summed E-state index contributed by atoms with van der Waals surface area (Å²) >= 11 is 18.2. The quantitative estimate of drug-likeness (QED) is 0.505. The van der Waals surface area contributed by atoms with E-state index in [2.05, 4.69) is 4.31 Å². The highest BCUT2D eigenvalue weighted by Crippen LogP contribution is 2.41. The van der Waals surface area contributed by atoms with E-state index in [1.807, 2.05) is 0 Å². The van der Waals surface area contributed by atoms with E-state index in [4.69, 9.17) is 34.8 Å². The van der Waals surface area contributed by atoms with E-state index in [9.17, 15) is 0 Å². The molecule has 66 valence electrons. The van der Waals surface area contributed by atoms with Gasteiger partial charge in [0, 0.05) is 13.1 Å². The van der Waals surface area contributed by atoms with Crippen molar-refractivity contribution in [1.29, 1.82) is 0 Å². The van der Waals surface area contributed by atoms with Crippen molar-refractivity contribution in [2.45, 2.75) is 22.4 Å². The normalized spacial score (nSPS) is 22.1. The van der Waals surface area contributed by atoms with Gasteiger partial charge in [-0.3, -0.25) is 0 Å². The van der Waals surface area contributed by atoms with E-state index >= 15 is 0 Å². The van der Waals surface area contributed by atoms with Gasteiger partial charge in [-0.15, -0.1) is 0 Å². The maximum Gasteiger partial charge on any atom is 0.251 e. The molecule has 11 heavy (non-hydrogen) atoms. The van der Waals surface area contributed by atoms with Crippen LogP contribution >= 0.6 is 46.8 Å². The van der Waals surface area contributed by atoms with Crippen molar-refractivity contribution in [1.82, 2.24) is 4.31 Å². The fourth-order valence-electron chi connectivity index (χ4n) is 1.10. The van der Waals surface area contributed by atoms with E-state index in [1.165, 1.54) is 31.2 Å². The molecule has 0 bridgehead atoms. The molecule has 1 fully saturated rings. The van der Waals surface area contributed by atoms with Crippen molar-refractivity contribution in [2.75, 3.05) is 13.1 Å². The monoisotopic (exact) mass is 233 g/mol. The lowest BCUT2D eigenvalue weighted by Gasteiger charge is -2.27. The molecule has 0 N–H and O–H groups in total. The van der Waals surface area contributed by atoms with Gasteiger partial charge < -0.3 is 0 Å². The second-order valence-corrected chi connectivity index (χ2v) is 6.79. The van der Waals surface area contributed by atoms with E-state index in [0.29, 0.717) is 0 Å². The van der Waals surface area contributed by atoms with Gasteiger partial charge in [-0.2, -0.15) is 0 Å². The Morgan fingerprint density at radius 2 is 1.55 bits per heavy atom. The zero-order valence-corrected chi connectivity index (χ0v) is 9.11. The molecule has 0 unspecified atom stereocenters. The molecule has 1 heterocycles. The second kappa shape index (κ2) is 4.43. The molecule has 1 aliphatic rings. The number of halogens is 3. The van der Waals surface area contributed by atoms with Crippen LogP contribution < -0.4 is 0 Å². The third-order valence-corrected chi connectivity index (χ3v) is 3.00. The van der Waals surface area contributed by atoms with Crippen LogP contribution in [0.4, 0.5) is 0 Å². The van der Waals surface area contributed by atoms with Gasteiger partial charge in [0.25, 0.3) is 3.12 Å². The third kappa shape index (κ3) is 4.69. The van der Waals surface area contributed by atoms with Crippen LogP contribution in [0, 0.1) is 0 Å². The topological polar surface area (TPSA) is 3.24 Å². The first kappa shape index (κ1) is 10.3. The van der Waals surface area contributed by atoms with E-state index in [-0.39, 0.29) is 0 Å². The first-order valence-corrected chi connectivity index (χ1v) is 5.49. The minimum Gasteiger partial charge on any atom is -0.247 e. The Hall–Kier alpha value is 1.18. The van der Waals surface area contributed by atoms with Crippen molar-refractivity contribution in [2.24, 2.45) is 0 Å². The summed E-state index contributed by atoms with van der Waals surface area (Å²) in [6, 6.07) is 0. The highest BCUT2D eigenvalue weighted by Gasteiger charge is 2.25. The average molecular weight is 235 g/mol. The summed E-state index contributed by atoms with van der Waals surface area (Å²) < 4.78 is 0.938. The predicted molar refractivity (Wildman–Crippen MR) is 53.3 cm³/mol. The second-order valence-electron chi connectivity index (χ2n) is 2.53. The van der Waals surface area contributed by atoms with Crippen LogP contribution in [-0.4, -0.2) is 20.5 Å². The number of alkyl halides is 3. The molecule has 1 rings (SSSR count).